The van der Waals surface area contributed by atoms with E-state index in [1.54, 1.807) is 0 Å². The van der Waals surface area contributed by atoms with Crippen molar-refractivity contribution in [2.75, 3.05) is 0 Å². The molecule has 0 radical (unpaired) electrons. The highest BCUT2D eigenvalue weighted by Crippen LogP contribution is 2.15. The lowest BCUT2D eigenvalue weighted by molar-refractivity contribution is 0.419. The van der Waals surface area contributed by atoms with Gasteiger partial charge in [-0.15, -0.1) is 0 Å². The Morgan fingerprint density at radius 3 is 2.36 bits per heavy atom. The molecule has 0 saturated heterocycles. The Hall–Kier alpha value is -0.130. The van der Waals surface area contributed by atoms with E-state index in [1.807, 2.05) is 6.92 Å². The molecule has 2 unspecified atom stereocenters. The Kier molecular flexibility index (Phi) is 6.31. The van der Waals surface area contributed by atoms with Crippen LogP contribution in [-0.2, 0) is 10.1 Å². The van der Waals surface area contributed by atoms with Gasteiger partial charge >= 0.3 is 0 Å². The number of hydrogen-bond acceptors (Lipinski definition) is 3. The first kappa shape index (κ1) is 13.9. The summed E-state index contributed by atoms with van der Waals surface area (Å²) in [4.78, 5) is 0. The monoisotopic (exact) mass is 223 g/mol. The van der Waals surface area contributed by atoms with Crippen LogP contribution in [0.15, 0.2) is 0 Å². The second-order valence-electron chi connectivity index (χ2n) is 3.89. The predicted octanol–water partition coefficient (Wildman–Crippen LogP) is 1.77. The van der Waals surface area contributed by atoms with E-state index in [0.717, 1.165) is 25.7 Å². The van der Waals surface area contributed by atoms with Crippen molar-refractivity contribution >= 4 is 10.1 Å². The minimum atomic E-state index is -4.05. The van der Waals surface area contributed by atoms with Crippen molar-refractivity contribution in [2.24, 2.45) is 11.7 Å². The number of hydrogen-bond donors (Lipinski definition) is 2. The maximum absolute atomic E-state index is 10.6. The molecule has 5 heteroatoms. The van der Waals surface area contributed by atoms with Gasteiger partial charge in [0.25, 0.3) is 10.1 Å². The third kappa shape index (κ3) is 6.34. The Labute approximate surface area is 86.6 Å². The van der Waals surface area contributed by atoms with E-state index in [0.29, 0.717) is 6.42 Å². The number of unbranched alkanes of at least 4 members (excludes halogenated alkanes) is 2. The van der Waals surface area contributed by atoms with Crippen LogP contribution in [0.5, 0.6) is 0 Å². The second kappa shape index (κ2) is 6.37. The predicted molar refractivity (Wildman–Crippen MR) is 57.4 cm³/mol. The summed E-state index contributed by atoms with van der Waals surface area (Å²) in [6, 6.07) is 0. The van der Waals surface area contributed by atoms with Crippen LogP contribution in [0.1, 0.15) is 46.0 Å². The molecular weight excluding hydrogens is 202 g/mol. The standard InChI is InChI=1S/C9H21NO3S/c1-3-4-5-6-8(2)7-9(10)14(11,12)13/h8-9H,3-7,10H2,1-2H3,(H,11,12,13). The normalized spacial score (nSPS) is 16.6. The van der Waals surface area contributed by atoms with Crippen molar-refractivity contribution in [3.8, 4) is 0 Å². The van der Waals surface area contributed by atoms with Crippen molar-refractivity contribution in [1.82, 2.24) is 0 Å². The molecule has 0 spiro atoms. The summed E-state index contributed by atoms with van der Waals surface area (Å²) in [5.41, 5.74) is 5.32. The highest BCUT2D eigenvalue weighted by atomic mass is 32.2. The molecule has 0 bridgehead atoms. The highest BCUT2D eigenvalue weighted by Gasteiger charge is 2.20. The van der Waals surface area contributed by atoms with Crippen molar-refractivity contribution in [3.05, 3.63) is 0 Å². The van der Waals surface area contributed by atoms with Crippen LogP contribution in [0, 0.1) is 5.92 Å². The summed E-state index contributed by atoms with van der Waals surface area (Å²) in [7, 11) is -4.05. The van der Waals surface area contributed by atoms with E-state index < -0.39 is 15.5 Å². The Morgan fingerprint density at radius 2 is 1.93 bits per heavy atom. The molecule has 0 aliphatic heterocycles. The molecule has 0 aromatic rings. The first-order valence-electron chi connectivity index (χ1n) is 5.09. The van der Waals surface area contributed by atoms with E-state index in [4.69, 9.17) is 10.3 Å². The minimum absolute atomic E-state index is 0.249. The van der Waals surface area contributed by atoms with Gasteiger partial charge in [-0.05, 0) is 12.3 Å². The summed E-state index contributed by atoms with van der Waals surface area (Å²) in [5, 5.41) is -1.13. The van der Waals surface area contributed by atoms with Gasteiger partial charge in [-0.2, -0.15) is 8.42 Å². The van der Waals surface area contributed by atoms with Gasteiger partial charge in [-0.25, -0.2) is 0 Å². The Balaban J connectivity index is 3.77. The number of rotatable bonds is 7. The molecule has 2 atom stereocenters. The van der Waals surface area contributed by atoms with Crippen molar-refractivity contribution < 1.29 is 13.0 Å². The summed E-state index contributed by atoms with van der Waals surface area (Å²) in [6.45, 7) is 4.08. The average Bonchev–Trinajstić information content (AvgIpc) is 2.03. The van der Waals surface area contributed by atoms with Crippen LogP contribution in [0.4, 0.5) is 0 Å². The summed E-state index contributed by atoms with van der Waals surface area (Å²) >= 11 is 0. The minimum Gasteiger partial charge on any atom is -0.313 e. The summed E-state index contributed by atoms with van der Waals surface area (Å²) < 4.78 is 29.9. The van der Waals surface area contributed by atoms with E-state index in [2.05, 4.69) is 6.92 Å². The molecule has 3 N–H and O–H groups in total. The first-order chi connectivity index (χ1) is 6.38. The molecule has 0 aliphatic rings. The quantitative estimate of drug-likeness (QED) is 0.509. The van der Waals surface area contributed by atoms with Gasteiger partial charge in [0.1, 0.15) is 5.37 Å². The molecule has 0 amide bonds. The zero-order chi connectivity index (χ0) is 11.2. The average molecular weight is 223 g/mol. The zero-order valence-electron chi connectivity index (χ0n) is 8.94. The topological polar surface area (TPSA) is 80.4 Å². The smallest absolute Gasteiger partial charge is 0.280 e. The van der Waals surface area contributed by atoms with E-state index in [-0.39, 0.29) is 5.92 Å². The lowest BCUT2D eigenvalue weighted by Crippen LogP contribution is -2.31. The molecular formula is C9H21NO3S. The fourth-order valence-corrected chi connectivity index (χ4v) is 1.95. The van der Waals surface area contributed by atoms with Crippen LogP contribution in [0.25, 0.3) is 0 Å². The third-order valence-corrected chi connectivity index (χ3v) is 3.28. The van der Waals surface area contributed by atoms with Gasteiger partial charge in [0, 0.05) is 0 Å². The van der Waals surface area contributed by atoms with Gasteiger partial charge in [0.2, 0.25) is 0 Å². The van der Waals surface area contributed by atoms with Crippen molar-refractivity contribution in [1.29, 1.82) is 0 Å². The molecule has 0 aromatic carbocycles. The van der Waals surface area contributed by atoms with Gasteiger partial charge in [-0.3, -0.25) is 4.55 Å². The van der Waals surface area contributed by atoms with Gasteiger partial charge in [0.15, 0.2) is 0 Å². The van der Waals surface area contributed by atoms with Crippen molar-refractivity contribution in [2.45, 2.75) is 51.3 Å². The maximum atomic E-state index is 10.6. The zero-order valence-corrected chi connectivity index (χ0v) is 9.76. The van der Waals surface area contributed by atoms with Crippen LogP contribution in [0.3, 0.4) is 0 Å². The van der Waals surface area contributed by atoms with Crippen LogP contribution in [-0.4, -0.2) is 18.3 Å². The summed E-state index contributed by atoms with van der Waals surface area (Å²) in [5.74, 6) is 0.249. The molecule has 0 fully saturated rings. The summed E-state index contributed by atoms with van der Waals surface area (Å²) in [6.07, 6.45) is 4.71. The fourth-order valence-electron chi connectivity index (χ4n) is 1.38. The Bertz CT molecular complexity index is 238. The Morgan fingerprint density at radius 1 is 1.36 bits per heavy atom. The lowest BCUT2D eigenvalue weighted by Gasteiger charge is -2.14. The molecule has 0 heterocycles. The van der Waals surface area contributed by atoms with E-state index in [9.17, 15) is 8.42 Å². The fraction of sp³-hybridized carbons (Fsp3) is 1.00. The number of nitrogens with two attached hydrogens (primary N) is 1. The molecule has 0 aromatic heterocycles. The third-order valence-electron chi connectivity index (χ3n) is 2.32. The largest absolute Gasteiger partial charge is 0.313 e. The molecule has 86 valence electrons. The van der Waals surface area contributed by atoms with E-state index >= 15 is 0 Å². The van der Waals surface area contributed by atoms with Crippen molar-refractivity contribution in [3.63, 3.8) is 0 Å². The van der Waals surface area contributed by atoms with Gasteiger partial charge < -0.3 is 5.73 Å². The van der Waals surface area contributed by atoms with Gasteiger partial charge in [0.05, 0.1) is 0 Å². The maximum Gasteiger partial charge on any atom is 0.280 e. The molecule has 0 aliphatic carbocycles. The molecule has 0 rings (SSSR count). The van der Waals surface area contributed by atoms with E-state index in [1.165, 1.54) is 0 Å². The molecule has 4 nitrogen and oxygen atoms in total. The van der Waals surface area contributed by atoms with Crippen LogP contribution >= 0.6 is 0 Å². The molecule has 14 heavy (non-hydrogen) atoms. The second-order valence-corrected chi connectivity index (χ2v) is 5.53. The lowest BCUT2D eigenvalue weighted by atomic mass is 10.00. The SMILES string of the molecule is CCCCCC(C)CC(N)S(=O)(=O)O. The molecule has 0 saturated carbocycles. The highest BCUT2D eigenvalue weighted by molar-refractivity contribution is 7.86. The van der Waals surface area contributed by atoms with Crippen LogP contribution < -0.4 is 5.73 Å². The van der Waals surface area contributed by atoms with Crippen LogP contribution in [0.2, 0.25) is 0 Å². The first-order valence-corrected chi connectivity index (χ1v) is 6.60. The van der Waals surface area contributed by atoms with Gasteiger partial charge in [-0.1, -0.05) is 39.5 Å².